The summed E-state index contributed by atoms with van der Waals surface area (Å²) >= 11 is 0. The van der Waals surface area contributed by atoms with E-state index in [4.69, 9.17) is 0 Å². The molecule has 0 aliphatic carbocycles. The molecular weight excluding hydrogens is 392 g/mol. The van der Waals surface area contributed by atoms with Gasteiger partial charge in [-0.15, -0.1) is 0 Å². The number of imide groups is 1. The van der Waals surface area contributed by atoms with Crippen molar-refractivity contribution in [2.75, 3.05) is 0 Å². The Bertz CT molecular complexity index is 1160. The number of carboxylic acid groups (broad SMARTS) is 1. The molecule has 158 valence electrons. The number of rotatable bonds is 4. The second kappa shape index (κ2) is 7.54. The van der Waals surface area contributed by atoms with E-state index in [1.165, 1.54) is 4.90 Å². The van der Waals surface area contributed by atoms with Gasteiger partial charge in [0.15, 0.2) is 0 Å². The van der Waals surface area contributed by atoms with E-state index in [1.54, 1.807) is 24.3 Å². The monoisotopic (exact) mass is 416 g/mol. The van der Waals surface area contributed by atoms with Crippen molar-refractivity contribution in [2.24, 2.45) is 5.41 Å². The van der Waals surface area contributed by atoms with Gasteiger partial charge < -0.3 is 10.4 Å². The molecular formula is C25H24N2O4. The Balaban J connectivity index is 1.97. The van der Waals surface area contributed by atoms with Crippen molar-refractivity contribution in [3.63, 3.8) is 0 Å². The molecule has 3 aromatic rings. The number of hydrogen-bond donors (Lipinski definition) is 2. The largest absolute Gasteiger partial charge is 0.465 e. The highest BCUT2D eigenvalue weighted by Gasteiger charge is 2.47. The second-order valence-electron chi connectivity index (χ2n) is 8.83. The molecule has 0 aromatic heterocycles. The van der Waals surface area contributed by atoms with Gasteiger partial charge in [0.2, 0.25) is 0 Å². The lowest BCUT2D eigenvalue weighted by atomic mass is 9.78. The zero-order chi connectivity index (χ0) is 22.3. The first-order valence-electron chi connectivity index (χ1n) is 10.1. The Morgan fingerprint density at radius 3 is 2.00 bits per heavy atom. The summed E-state index contributed by atoms with van der Waals surface area (Å²) in [5, 5.41) is 14.0. The maximum atomic E-state index is 13.4. The molecule has 1 aliphatic rings. The van der Waals surface area contributed by atoms with Crippen LogP contribution in [0, 0.1) is 5.41 Å². The molecule has 0 saturated carbocycles. The fourth-order valence-corrected chi connectivity index (χ4v) is 4.34. The van der Waals surface area contributed by atoms with Gasteiger partial charge in [-0.2, -0.15) is 0 Å². The third-order valence-corrected chi connectivity index (χ3v) is 5.77. The fourth-order valence-electron chi connectivity index (χ4n) is 4.34. The van der Waals surface area contributed by atoms with Crippen LogP contribution in [0.15, 0.2) is 66.7 Å². The Labute approximate surface area is 180 Å². The van der Waals surface area contributed by atoms with Crippen molar-refractivity contribution in [1.82, 2.24) is 10.2 Å². The average Bonchev–Trinajstić information content (AvgIpc) is 2.98. The van der Waals surface area contributed by atoms with Crippen LogP contribution in [-0.4, -0.2) is 34.0 Å². The summed E-state index contributed by atoms with van der Waals surface area (Å²) in [6.45, 7) is 5.68. The van der Waals surface area contributed by atoms with E-state index in [-0.39, 0.29) is 0 Å². The Morgan fingerprint density at radius 2 is 1.42 bits per heavy atom. The van der Waals surface area contributed by atoms with Crippen LogP contribution in [0.5, 0.6) is 0 Å². The number of amides is 3. The van der Waals surface area contributed by atoms with Gasteiger partial charge >= 0.3 is 6.09 Å². The highest BCUT2D eigenvalue weighted by Crippen LogP contribution is 2.41. The quantitative estimate of drug-likeness (QED) is 0.595. The van der Waals surface area contributed by atoms with Crippen molar-refractivity contribution in [3.05, 3.63) is 83.4 Å². The predicted octanol–water partition coefficient (Wildman–Crippen LogP) is 4.86. The molecule has 1 aliphatic heterocycles. The van der Waals surface area contributed by atoms with Gasteiger partial charge in [0, 0.05) is 0 Å². The highest BCUT2D eigenvalue weighted by molar-refractivity contribution is 6.21. The van der Waals surface area contributed by atoms with Crippen LogP contribution in [0.25, 0.3) is 10.8 Å². The molecule has 0 spiro atoms. The van der Waals surface area contributed by atoms with Gasteiger partial charge in [0.05, 0.1) is 23.2 Å². The van der Waals surface area contributed by atoms with Gasteiger partial charge in [-0.05, 0) is 33.9 Å². The van der Waals surface area contributed by atoms with E-state index >= 15 is 0 Å². The third-order valence-electron chi connectivity index (χ3n) is 5.77. The summed E-state index contributed by atoms with van der Waals surface area (Å²) < 4.78 is 0. The van der Waals surface area contributed by atoms with Crippen molar-refractivity contribution in [1.29, 1.82) is 0 Å². The molecule has 2 unspecified atom stereocenters. The van der Waals surface area contributed by atoms with Gasteiger partial charge in [-0.3, -0.25) is 14.5 Å². The molecule has 0 saturated heterocycles. The minimum atomic E-state index is -1.21. The van der Waals surface area contributed by atoms with Crippen LogP contribution in [0.2, 0.25) is 0 Å². The zero-order valence-corrected chi connectivity index (χ0v) is 17.6. The van der Waals surface area contributed by atoms with Crippen molar-refractivity contribution in [2.45, 2.75) is 32.9 Å². The van der Waals surface area contributed by atoms with Gasteiger partial charge in [-0.25, -0.2) is 4.79 Å². The first-order chi connectivity index (χ1) is 14.7. The molecule has 4 rings (SSSR count). The van der Waals surface area contributed by atoms with Crippen molar-refractivity contribution >= 4 is 28.7 Å². The topological polar surface area (TPSA) is 86.7 Å². The van der Waals surface area contributed by atoms with E-state index in [1.807, 2.05) is 63.2 Å². The maximum absolute atomic E-state index is 13.4. The molecule has 31 heavy (non-hydrogen) atoms. The van der Waals surface area contributed by atoms with Crippen LogP contribution in [0.3, 0.4) is 0 Å². The van der Waals surface area contributed by atoms with E-state index < -0.39 is 35.4 Å². The lowest BCUT2D eigenvalue weighted by Crippen LogP contribution is -2.53. The molecule has 3 amide bonds. The summed E-state index contributed by atoms with van der Waals surface area (Å²) in [7, 11) is 0. The number of fused-ring (bicyclic) bond motifs is 2. The Hall–Kier alpha value is -3.67. The molecule has 6 nitrogen and oxygen atoms in total. The number of carbonyl (C=O) groups excluding carboxylic acids is 2. The van der Waals surface area contributed by atoms with E-state index in [0.29, 0.717) is 11.1 Å². The zero-order valence-electron chi connectivity index (χ0n) is 17.6. The van der Waals surface area contributed by atoms with Crippen LogP contribution in [0.4, 0.5) is 4.79 Å². The second-order valence-corrected chi connectivity index (χ2v) is 8.83. The van der Waals surface area contributed by atoms with E-state index in [0.717, 1.165) is 16.3 Å². The van der Waals surface area contributed by atoms with Gasteiger partial charge in [-0.1, -0.05) is 75.4 Å². The molecule has 2 N–H and O–H groups in total. The van der Waals surface area contributed by atoms with Crippen molar-refractivity contribution in [3.8, 4) is 0 Å². The van der Waals surface area contributed by atoms with Crippen LogP contribution >= 0.6 is 0 Å². The molecule has 3 aromatic carbocycles. The van der Waals surface area contributed by atoms with Gasteiger partial charge in [0.1, 0.15) is 0 Å². The summed E-state index contributed by atoms with van der Waals surface area (Å²) in [5.41, 5.74) is 0.803. The normalized spacial score (nSPS) is 15.6. The number of nitrogens with one attached hydrogen (secondary N) is 1. The summed E-state index contributed by atoms with van der Waals surface area (Å²) in [5.74, 6) is -0.833. The lowest BCUT2D eigenvalue weighted by Gasteiger charge is -2.41. The van der Waals surface area contributed by atoms with E-state index in [2.05, 4.69) is 5.32 Å². The number of nitrogens with zero attached hydrogens (tertiary/aromatic N) is 1. The molecule has 0 fully saturated rings. The minimum Gasteiger partial charge on any atom is -0.465 e. The summed E-state index contributed by atoms with van der Waals surface area (Å²) in [6.07, 6.45) is -1.21. The van der Waals surface area contributed by atoms with Crippen LogP contribution in [-0.2, 0) is 0 Å². The number of benzene rings is 3. The van der Waals surface area contributed by atoms with Gasteiger partial charge in [0.25, 0.3) is 11.8 Å². The van der Waals surface area contributed by atoms with Crippen LogP contribution in [0.1, 0.15) is 53.1 Å². The predicted molar refractivity (Wildman–Crippen MR) is 118 cm³/mol. The molecule has 6 heteroatoms. The fraction of sp³-hybridized carbons (Fsp3) is 0.240. The van der Waals surface area contributed by atoms with E-state index in [9.17, 15) is 19.5 Å². The third kappa shape index (κ3) is 3.54. The minimum absolute atomic E-state index is 0.334. The molecule has 1 heterocycles. The van der Waals surface area contributed by atoms with Crippen LogP contribution < -0.4 is 5.32 Å². The summed E-state index contributed by atoms with van der Waals surface area (Å²) in [6, 6.07) is 18.5. The summed E-state index contributed by atoms with van der Waals surface area (Å²) in [4.78, 5) is 39.8. The maximum Gasteiger partial charge on any atom is 0.404 e. The standard InChI is InChI=1S/C25H24N2O4/c1-25(2,3)21(26-24(30)31)20(17-14-8-10-15-9-4-5-11-16(15)17)27-22(28)18-12-6-7-13-19(18)23(27)29/h4-14,20-21,26H,1-3H3,(H,30,31). The SMILES string of the molecule is CC(C)(C)C(NC(=O)O)C(c1cccc2ccccc12)N1C(=O)c2ccccc2C1=O. The molecule has 2 atom stereocenters. The van der Waals surface area contributed by atoms with Crippen molar-refractivity contribution < 1.29 is 19.5 Å². The molecule has 0 bridgehead atoms. The molecule has 0 radical (unpaired) electrons. The number of carbonyl (C=O) groups is 3. The Morgan fingerprint density at radius 1 is 0.871 bits per heavy atom. The Kier molecular flexibility index (Phi) is 5.01. The first kappa shape index (κ1) is 20.6. The smallest absolute Gasteiger partial charge is 0.404 e. The first-order valence-corrected chi connectivity index (χ1v) is 10.1. The number of hydrogen-bond acceptors (Lipinski definition) is 3. The average molecular weight is 416 g/mol. The highest BCUT2D eigenvalue weighted by atomic mass is 16.4. The lowest BCUT2D eigenvalue weighted by molar-refractivity contribution is 0.0476.